The fourth-order valence-electron chi connectivity index (χ4n) is 3.51. The second-order valence-electron chi connectivity index (χ2n) is 7.54. The Morgan fingerprint density at radius 2 is 2.06 bits per heavy atom. The molecule has 1 aromatic heterocycles. The minimum Gasteiger partial charge on any atom is -0.494 e. The number of halogens is 1. The number of ether oxygens (including phenoxy) is 1. The van der Waals surface area contributed by atoms with Crippen LogP contribution in [0, 0.1) is 18.7 Å². The number of nitrogens with one attached hydrogen (secondary N) is 1. The van der Waals surface area contributed by atoms with Crippen molar-refractivity contribution in [1.82, 2.24) is 9.88 Å². The Morgan fingerprint density at radius 1 is 1.29 bits per heavy atom. The van der Waals surface area contributed by atoms with E-state index in [2.05, 4.69) is 10.3 Å². The molecule has 1 atom stereocenters. The Morgan fingerprint density at radius 3 is 2.77 bits per heavy atom. The molecule has 6 nitrogen and oxygen atoms in total. The lowest BCUT2D eigenvalue weighted by atomic mass is 10.1. The van der Waals surface area contributed by atoms with Crippen LogP contribution in [0.5, 0.6) is 5.75 Å². The molecule has 31 heavy (non-hydrogen) atoms. The number of nitrogens with zero attached hydrogens (tertiary/aromatic N) is 2. The third-order valence-corrected chi connectivity index (χ3v) is 6.02. The molecule has 1 fully saturated rings. The summed E-state index contributed by atoms with van der Waals surface area (Å²) in [5, 5.41) is 4.96. The molecule has 0 saturated carbocycles. The van der Waals surface area contributed by atoms with Gasteiger partial charge in [0, 0.05) is 30.5 Å². The maximum Gasteiger partial charge on any atom is 0.231 e. The van der Waals surface area contributed by atoms with Crippen molar-refractivity contribution in [2.24, 2.45) is 5.92 Å². The number of hydrogen-bond donors (Lipinski definition) is 1. The maximum atomic E-state index is 14.0. The number of aryl methyl sites for hydroxylation is 1. The van der Waals surface area contributed by atoms with Crippen molar-refractivity contribution in [2.45, 2.75) is 19.9 Å². The van der Waals surface area contributed by atoms with Gasteiger partial charge in [-0.15, -0.1) is 11.3 Å². The third-order valence-electron chi connectivity index (χ3n) is 5.26. The zero-order valence-corrected chi connectivity index (χ0v) is 18.0. The largest absolute Gasteiger partial charge is 0.494 e. The number of rotatable bonds is 6. The molecule has 160 valence electrons. The van der Waals surface area contributed by atoms with Crippen molar-refractivity contribution < 1.29 is 18.7 Å². The lowest BCUT2D eigenvalue weighted by Crippen LogP contribution is -2.28. The van der Waals surface area contributed by atoms with Crippen LogP contribution in [0.4, 0.5) is 9.52 Å². The van der Waals surface area contributed by atoms with E-state index in [1.54, 1.807) is 16.3 Å². The second kappa shape index (κ2) is 8.85. The summed E-state index contributed by atoms with van der Waals surface area (Å²) in [7, 11) is 1.41. The molecule has 2 amide bonds. The van der Waals surface area contributed by atoms with Crippen molar-refractivity contribution >= 4 is 28.3 Å². The van der Waals surface area contributed by atoms with Crippen LogP contribution in [0.3, 0.4) is 0 Å². The molecule has 1 aliphatic rings. The van der Waals surface area contributed by atoms with Gasteiger partial charge < -0.3 is 15.0 Å². The van der Waals surface area contributed by atoms with Gasteiger partial charge in [-0.25, -0.2) is 9.37 Å². The minimum atomic E-state index is -0.475. The fraction of sp³-hybridized carbons (Fsp3) is 0.261. The molecule has 1 saturated heterocycles. The molecule has 8 heteroatoms. The van der Waals surface area contributed by atoms with Crippen molar-refractivity contribution in [3.8, 4) is 17.0 Å². The van der Waals surface area contributed by atoms with E-state index in [0.717, 1.165) is 11.1 Å². The van der Waals surface area contributed by atoms with E-state index in [0.29, 0.717) is 29.5 Å². The minimum absolute atomic E-state index is 0.0331. The molecule has 2 aromatic carbocycles. The van der Waals surface area contributed by atoms with Crippen molar-refractivity contribution in [2.75, 3.05) is 19.0 Å². The second-order valence-corrected chi connectivity index (χ2v) is 8.40. The predicted molar refractivity (Wildman–Crippen MR) is 117 cm³/mol. The number of amides is 2. The number of anilines is 1. The number of carbonyl (C=O) groups is 2. The standard InChI is InChI=1S/C23H22FN3O3S/c1-14-3-5-15(6-4-14)11-27-12-17(10-21(27)28)22(29)26-23-25-19(13-31-23)16-7-8-20(30-2)18(24)9-16/h3-9,13,17H,10-12H2,1-2H3,(H,25,26,29). The van der Waals surface area contributed by atoms with Crippen LogP contribution in [0.25, 0.3) is 11.3 Å². The third kappa shape index (κ3) is 4.74. The summed E-state index contributed by atoms with van der Waals surface area (Å²) in [6.45, 7) is 2.88. The van der Waals surface area contributed by atoms with Gasteiger partial charge in [-0.05, 0) is 30.7 Å². The zero-order valence-electron chi connectivity index (χ0n) is 17.2. The van der Waals surface area contributed by atoms with E-state index in [4.69, 9.17) is 4.74 Å². The number of likely N-dealkylation sites (tertiary alicyclic amines) is 1. The van der Waals surface area contributed by atoms with Crippen molar-refractivity contribution in [3.63, 3.8) is 0 Å². The molecule has 3 aromatic rings. The van der Waals surface area contributed by atoms with Crippen molar-refractivity contribution in [1.29, 1.82) is 0 Å². The van der Waals surface area contributed by atoms with Gasteiger partial charge >= 0.3 is 0 Å². The topological polar surface area (TPSA) is 71.5 Å². The van der Waals surface area contributed by atoms with Gasteiger partial charge in [-0.1, -0.05) is 29.8 Å². The van der Waals surface area contributed by atoms with E-state index in [1.165, 1.54) is 30.6 Å². The van der Waals surface area contributed by atoms with Crippen LogP contribution in [0.15, 0.2) is 47.8 Å². The number of thiazole rings is 1. The van der Waals surface area contributed by atoms with Crippen LogP contribution in [0.1, 0.15) is 17.5 Å². The van der Waals surface area contributed by atoms with Gasteiger partial charge in [0.1, 0.15) is 0 Å². The molecular formula is C23H22FN3O3S. The Hall–Kier alpha value is -3.26. The lowest BCUT2D eigenvalue weighted by Gasteiger charge is -2.16. The molecular weight excluding hydrogens is 417 g/mol. The lowest BCUT2D eigenvalue weighted by molar-refractivity contribution is -0.128. The first kappa shape index (κ1) is 21.0. The highest BCUT2D eigenvalue weighted by molar-refractivity contribution is 7.14. The van der Waals surface area contributed by atoms with Gasteiger partial charge in [0.05, 0.1) is 18.7 Å². The summed E-state index contributed by atoms with van der Waals surface area (Å²) in [5.41, 5.74) is 3.35. The number of aromatic nitrogens is 1. The van der Waals surface area contributed by atoms with Gasteiger partial charge in [0.25, 0.3) is 0 Å². The van der Waals surface area contributed by atoms with Gasteiger partial charge in [0.15, 0.2) is 16.7 Å². The summed E-state index contributed by atoms with van der Waals surface area (Å²) in [6.07, 6.45) is 0.180. The Bertz CT molecular complexity index is 1110. The molecule has 2 heterocycles. The maximum absolute atomic E-state index is 14.0. The highest BCUT2D eigenvalue weighted by Crippen LogP contribution is 2.29. The van der Waals surface area contributed by atoms with Gasteiger partial charge in [-0.2, -0.15) is 0 Å². The first-order valence-corrected chi connectivity index (χ1v) is 10.7. The average molecular weight is 440 g/mol. The summed E-state index contributed by atoms with van der Waals surface area (Å²) < 4.78 is 18.9. The van der Waals surface area contributed by atoms with Crippen LogP contribution in [-0.2, 0) is 16.1 Å². The molecule has 0 spiro atoms. The number of methoxy groups -OCH3 is 1. The van der Waals surface area contributed by atoms with Crippen molar-refractivity contribution in [3.05, 3.63) is 64.8 Å². The van der Waals surface area contributed by atoms with Crippen LogP contribution in [0.2, 0.25) is 0 Å². The van der Waals surface area contributed by atoms with E-state index in [-0.39, 0.29) is 24.0 Å². The molecule has 1 N–H and O–H groups in total. The fourth-order valence-corrected chi connectivity index (χ4v) is 4.23. The highest BCUT2D eigenvalue weighted by Gasteiger charge is 2.34. The molecule has 0 bridgehead atoms. The Labute approximate surface area is 183 Å². The van der Waals surface area contributed by atoms with E-state index < -0.39 is 11.7 Å². The van der Waals surface area contributed by atoms with Crippen LogP contribution < -0.4 is 10.1 Å². The van der Waals surface area contributed by atoms with Crippen LogP contribution in [-0.4, -0.2) is 35.4 Å². The normalized spacial score (nSPS) is 15.9. The molecule has 0 radical (unpaired) electrons. The average Bonchev–Trinajstić information content (AvgIpc) is 3.36. The SMILES string of the molecule is COc1ccc(-c2csc(NC(=O)C3CC(=O)N(Cc4ccc(C)cc4)C3)n2)cc1F. The number of benzene rings is 2. The monoisotopic (exact) mass is 439 g/mol. The summed E-state index contributed by atoms with van der Waals surface area (Å²) in [5.74, 6) is -1.01. The van der Waals surface area contributed by atoms with E-state index in [9.17, 15) is 14.0 Å². The highest BCUT2D eigenvalue weighted by atomic mass is 32.1. The quantitative estimate of drug-likeness (QED) is 0.623. The Balaban J connectivity index is 1.38. The first-order valence-electron chi connectivity index (χ1n) is 9.86. The van der Waals surface area contributed by atoms with Gasteiger partial charge in [0.2, 0.25) is 11.8 Å². The molecule has 1 unspecified atom stereocenters. The van der Waals surface area contributed by atoms with Gasteiger partial charge in [-0.3, -0.25) is 9.59 Å². The number of carbonyl (C=O) groups excluding carboxylic acids is 2. The van der Waals surface area contributed by atoms with E-state index >= 15 is 0 Å². The predicted octanol–water partition coefficient (Wildman–Crippen LogP) is 4.25. The summed E-state index contributed by atoms with van der Waals surface area (Å²) >= 11 is 1.26. The smallest absolute Gasteiger partial charge is 0.231 e. The Kier molecular flexibility index (Phi) is 5.99. The van der Waals surface area contributed by atoms with Crippen LogP contribution >= 0.6 is 11.3 Å². The molecule has 1 aliphatic heterocycles. The number of hydrogen-bond acceptors (Lipinski definition) is 5. The summed E-state index contributed by atoms with van der Waals surface area (Å²) in [4.78, 5) is 31.2. The summed E-state index contributed by atoms with van der Waals surface area (Å²) in [6, 6.07) is 12.6. The molecule has 0 aliphatic carbocycles. The zero-order chi connectivity index (χ0) is 22.0. The van der Waals surface area contributed by atoms with E-state index in [1.807, 2.05) is 31.2 Å². The molecule has 4 rings (SSSR count). The first-order chi connectivity index (χ1) is 14.9.